The SMILES string of the molecule is COc1cc(Cl)c2c(c1)OCCC2=O. The first-order chi connectivity index (χ1) is 6.72. The second-order valence-electron chi connectivity index (χ2n) is 3.00. The first-order valence-corrected chi connectivity index (χ1v) is 4.63. The predicted octanol–water partition coefficient (Wildman–Crippen LogP) is 2.31. The van der Waals surface area contributed by atoms with E-state index >= 15 is 0 Å². The molecule has 0 fully saturated rings. The smallest absolute Gasteiger partial charge is 0.171 e. The minimum Gasteiger partial charge on any atom is -0.497 e. The van der Waals surface area contributed by atoms with Gasteiger partial charge in [0.2, 0.25) is 0 Å². The molecule has 14 heavy (non-hydrogen) atoms. The van der Waals surface area contributed by atoms with Gasteiger partial charge in [0.1, 0.15) is 11.5 Å². The monoisotopic (exact) mass is 212 g/mol. The summed E-state index contributed by atoms with van der Waals surface area (Å²) >= 11 is 5.94. The third-order valence-corrected chi connectivity index (χ3v) is 2.43. The maximum atomic E-state index is 11.5. The first kappa shape index (κ1) is 9.34. The fourth-order valence-electron chi connectivity index (χ4n) is 1.44. The lowest BCUT2D eigenvalue weighted by molar-refractivity contribution is 0.0933. The predicted molar refractivity (Wildman–Crippen MR) is 52.4 cm³/mol. The normalized spacial score (nSPS) is 14.6. The highest BCUT2D eigenvalue weighted by Gasteiger charge is 2.22. The Kier molecular flexibility index (Phi) is 2.33. The molecule has 3 nitrogen and oxygen atoms in total. The van der Waals surface area contributed by atoms with E-state index in [1.54, 1.807) is 19.2 Å². The van der Waals surface area contributed by atoms with Crippen molar-refractivity contribution in [3.63, 3.8) is 0 Å². The molecule has 1 heterocycles. The number of Topliss-reactive ketones (excluding diaryl/α,β-unsaturated/α-hetero) is 1. The summed E-state index contributed by atoms with van der Waals surface area (Å²) in [5.74, 6) is 1.15. The molecule has 0 spiro atoms. The van der Waals surface area contributed by atoms with E-state index in [0.717, 1.165) is 0 Å². The van der Waals surface area contributed by atoms with Crippen LogP contribution in [0.3, 0.4) is 0 Å². The van der Waals surface area contributed by atoms with Crippen LogP contribution in [0.2, 0.25) is 5.02 Å². The summed E-state index contributed by atoms with van der Waals surface area (Å²) in [7, 11) is 1.54. The Morgan fingerprint density at radius 2 is 2.29 bits per heavy atom. The highest BCUT2D eigenvalue weighted by Crippen LogP contribution is 2.35. The topological polar surface area (TPSA) is 35.5 Å². The van der Waals surface area contributed by atoms with Gasteiger partial charge in [-0.3, -0.25) is 4.79 Å². The van der Waals surface area contributed by atoms with E-state index < -0.39 is 0 Å². The van der Waals surface area contributed by atoms with Crippen molar-refractivity contribution >= 4 is 17.4 Å². The number of hydrogen-bond donors (Lipinski definition) is 0. The van der Waals surface area contributed by atoms with Crippen LogP contribution in [0.25, 0.3) is 0 Å². The van der Waals surface area contributed by atoms with Crippen molar-refractivity contribution in [1.82, 2.24) is 0 Å². The maximum absolute atomic E-state index is 11.5. The zero-order valence-corrected chi connectivity index (χ0v) is 8.43. The standard InChI is InChI=1S/C10H9ClO3/c1-13-6-4-7(11)10-8(12)2-3-14-9(10)5-6/h4-5H,2-3H2,1H3. The number of ketones is 1. The van der Waals surface area contributed by atoms with Crippen molar-refractivity contribution in [2.45, 2.75) is 6.42 Å². The summed E-state index contributed by atoms with van der Waals surface area (Å²) in [5.41, 5.74) is 0.471. The molecule has 4 heteroatoms. The molecular weight excluding hydrogens is 204 g/mol. The van der Waals surface area contributed by atoms with E-state index in [0.29, 0.717) is 35.1 Å². The average Bonchev–Trinajstić information content (AvgIpc) is 2.17. The number of ether oxygens (including phenoxy) is 2. The molecule has 0 bridgehead atoms. The first-order valence-electron chi connectivity index (χ1n) is 4.26. The molecule has 0 radical (unpaired) electrons. The van der Waals surface area contributed by atoms with Crippen LogP contribution < -0.4 is 9.47 Å². The third kappa shape index (κ3) is 1.44. The van der Waals surface area contributed by atoms with Gasteiger partial charge in [0.15, 0.2) is 5.78 Å². The van der Waals surface area contributed by atoms with Crippen LogP contribution in [0.15, 0.2) is 12.1 Å². The molecule has 0 unspecified atom stereocenters. The van der Waals surface area contributed by atoms with E-state index in [2.05, 4.69) is 0 Å². The van der Waals surface area contributed by atoms with E-state index in [-0.39, 0.29) is 5.78 Å². The molecule has 0 aromatic heterocycles. The molecule has 0 amide bonds. The molecule has 0 saturated heterocycles. The summed E-state index contributed by atoms with van der Waals surface area (Å²) in [6.45, 7) is 0.412. The minimum atomic E-state index is 0.0268. The second kappa shape index (κ2) is 3.50. The summed E-state index contributed by atoms with van der Waals surface area (Å²) in [6, 6.07) is 3.30. The lowest BCUT2D eigenvalue weighted by Gasteiger charge is -2.17. The highest BCUT2D eigenvalue weighted by atomic mass is 35.5. The summed E-state index contributed by atoms with van der Waals surface area (Å²) in [4.78, 5) is 11.5. The minimum absolute atomic E-state index is 0.0268. The fraction of sp³-hybridized carbons (Fsp3) is 0.300. The molecule has 2 rings (SSSR count). The maximum Gasteiger partial charge on any atom is 0.171 e. The van der Waals surface area contributed by atoms with Crippen LogP contribution in [-0.4, -0.2) is 19.5 Å². The highest BCUT2D eigenvalue weighted by molar-refractivity contribution is 6.34. The number of hydrogen-bond acceptors (Lipinski definition) is 3. The van der Waals surface area contributed by atoms with E-state index in [4.69, 9.17) is 21.1 Å². The lowest BCUT2D eigenvalue weighted by atomic mass is 10.0. The number of benzene rings is 1. The summed E-state index contributed by atoms with van der Waals surface area (Å²) < 4.78 is 10.4. The molecule has 0 atom stereocenters. The van der Waals surface area contributed by atoms with Gasteiger partial charge >= 0.3 is 0 Å². The van der Waals surface area contributed by atoms with Gasteiger partial charge in [0, 0.05) is 12.5 Å². The lowest BCUT2D eigenvalue weighted by Crippen LogP contribution is -2.15. The van der Waals surface area contributed by atoms with Crippen molar-refractivity contribution in [2.75, 3.05) is 13.7 Å². The van der Waals surface area contributed by atoms with Crippen LogP contribution in [0.4, 0.5) is 0 Å². The molecule has 0 aliphatic carbocycles. The van der Waals surface area contributed by atoms with Crippen LogP contribution in [0.1, 0.15) is 16.8 Å². The Morgan fingerprint density at radius 3 is 3.00 bits per heavy atom. The van der Waals surface area contributed by atoms with Crippen LogP contribution in [0.5, 0.6) is 11.5 Å². The zero-order chi connectivity index (χ0) is 10.1. The van der Waals surface area contributed by atoms with E-state index in [9.17, 15) is 4.79 Å². The van der Waals surface area contributed by atoms with Crippen molar-refractivity contribution in [3.05, 3.63) is 22.7 Å². The van der Waals surface area contributed by atoms with Gasteiger partial charge in [0.05, 0.1) is 24.3 Å². The van der Waals surface area contributed by atoms with Crippen LogP contribution in [0, 0.1) is 0 Å². The Hall–Kier alpha value is -1.22. The Morgan fingerprint density at radius 1 is 1.50 bits per heavy atom. The fourth-order valence-corrected chi connectivity index (χ4v) is 1.74. The molecule has 74 valence electrons. The quantitative estimate of drug-likeness (QED) is 0.717. The Bertz CT molecular complexity index is 387. The van der Waals surface area contributed by atoms with Crippen molar-refractivity contribution in [3.8, 4) is 11.5 Å². The van der Waals surface area contributed by atoms with Crippen molar-refractivity contribution in [2.24, 2.45) is 0 Å². The number of carbonyl (C=O) groups excluding carboxylic acids is 1. The van der Waals surface area contributed by atoms with Gasteiger partial charge in [-0.25, -0.2) is 0 Å². The van der Waals surface area contributed by atoms with Crippen molar-refractivity contribution in [1.29, 1.82) is 0 Å². The number of methoxy groups -OCH3 is 1. The summed E-state index contributed by atoms with van der Waals surface area (Å²) in [5, 5.41) is 0.393. The molecule has 1 aliphatic rings. The molecular formula is C10H9ClO3. The molecule has 1 aromatic rings. The Balaban J connectivity index is 2.56. The number of fused-ring (bicyclic) bond motifs is 1. The number of halogens is 1. The number of carbonyl (C=O) groups is 1. The zero-order valence-electron chi connectivity index (χ0n) is 7.67. The van der Waals surface area contributed by atoms with Crippen LogP contribution in [-0.2, 0) is 0 Å². The molecule has 1 aromatic carbocycles. The molecule has 0 N–H and O–H groups in total. The van der Waals surface area contributed by atoms with Gasteiger partial charge in [-0.05, 0) is 6.07 Å². The Labute approximate surface area is 86.6 Å². The largest absolute Gasteiger partial charge is 0.497 e. The molecule has 0 saturated carbocycles. The van der Waals surface area contributed by atoms with E-state index in [1.807, 2.05) is 0 Å². The number of rotatable bonds is 1. The van der Waals surface area contributed by atoms with E-state index in [1.165, 1.54) is 0 Å². The van der Waals surface area contributed by atoms with Gasteiger partial charge in [0.25, 0.3) is 0 Å². The van der Waals surface area contributed by atoms with Crippen LogP contribution >= 0.6 is 11.6 Å². The van der Waals surface area contributed by atoms with Crippen molar-refractivity contribution < 1.29 is 14.3 Å². The van der Waals surface area contributed by atoms with Gasteiger partial charge in [-0.1, -0.05) is 11.6 Å². The summed E-state index contributed by atoms with van der Waals surface area (Å²) in [6.07, 6.45) is 0.388. The third-order valence-electron chi connectivity index (χ3n) is 2.13. The van der Waals surface area contributed by atoms with Gasteiger partial charge < -0.3 is 9.47 Å². The average molecular weight is 213 g/mol. The second-order valence-corrected chi connectivity index (χ2v) is 3.41. The van der Waals surface area contributed by atoms with Gasteiger partial charge in [-0.2, -0.15) is 0 Å². The molecule has 1 aliphatic heterocycles. The van der Waals surface area contributed by atoms with Gasteiger partial charge in [-0.15, -0.1) is 0 Å².